The van der Waals surface area contributed by atoms with Crippen molar-refractivity contribution in [3.8, 4) is 0 Å². The van der Waals surface area contributed by atoms with Crippen LogP contribution < -0.4 is 5.32 Å². The van der Waals surface area contributed by atoms with Crippen molar-refractivity contribution < 1.29 is 14.3 Å². The minimum absolute atomic E-state index is 0.158. The standard InChI is InChI=1S/C24H21N5O3S2/c1-3-18(34-24-28-27-20-12-10-14-7-5-6-8-17(14)29(20)24)21(30)26-23-25-16-11-9-15(13-19(16)33-23)22(31)32-4-2/h5-13,18H,3-4H2,1-2H3,(H,25,26,30). The molecule has 0 aliphatic carbocycles. The van der Waals surface area contributed by atoms with E-state index in [4.69, 9.17) is 4.74 Å². The molecule has 5 aromatic rings. The number of aromatic nitrogens is 4. The van der Waals surface area contributed by atoms with Crippen molar-refractivity contribution in [1.82, 2.24) is 19.6 Å². The van der Waals surface area contributed by atoms with E-state index in [0.717, 1.165) is 21.3 Å². The van der Waals surface area contributed by atoms with E-state index in [-0.39, 0.29) is 17.1 Å². The van der Waals surface area contributed by atoms with Crippen LogP contribution in [0.1, 0.15) is 30.6 Å². The Kier molecular flexibility index (Phi) is 6.16. The molecule has 0 saturated heterocycles. The van der Waals surface area contributed by atoms with Crippen LogP contribution in [0.15, 0.2) is 59.8 Å². The Labute approximate surface area is 203 Å². The molecule has 3 aromatic heterocycles. The van der Waals surface area contributed by atoms with Gasteiger partial charge < -0.3 is 10.1 Å². The third kappa shape index (κ3) is 4.22. The highest BCUT2D eigenvalue weighted by molar-refractivity contribution is 8.00. The maximum atomic E-state index is 13.1. The first-order valence-electron chi connectivity index (χ1n) is 10.9. The van der Waals surface area contributed by atoms with Crippen molar-refractivity contribution >= 4 is 66.9 Å². The largest absolute Gasteiger partial charge is 0.462 e. The molecular formula is C24H21N5O3S2. The molecule has 1 unspecified atom stereocenters. The number of ether oxygens (including phenoxy) is 1. The lowest BCUT2D eigenvalue weighted by Gasteiger charge is -2.13. The van der Waals surface area contributed by atoms with Crippen LogP contribution in [0.5, 0.6) is 0 Å². The number of hydrogen-bond acceptors (Lipinski definition) is 8. The Balaban J connectivity index is 1.37. The molecule has 0 aliphatic rings. The zero-order valence-electron chi connectivity index (χ0n) is 18.5. The summed E-state index contributed by atoms with van der Waals surface area (Å²) in [7, 11) is 0. The van der Waals surface area contributed by atoms with Crippen LogP contribution in [0.2, 0.25) is 0 Å². The second-order valence-electron chi connectivity index (χ2n) is 7.49. The van der Waals surface area contributed by atoms with E-state index >= 15 is 0 Å². The number of amides is 1. The summed E-state index contributed by atoms with van der Waals surface area (Å²) in [6.07, 6.45) is 0.605. The summed E-state index contributed by atoms with van der Waals surface area (Å²) in [6, 6.07) is 17.1. The van der Waals surface area contributed by atoms with Gasteiger partial charge in [0.05, 0.1) is 33.2 Å². The van der Waals surface area contributed by atoms with Crippen LogP contribution >= 0.6 is 23.1 Å². The van der Waals surface area contributed by atoms with Crippen LogP contribution in [0, 0.1) is 0 Å². The van der Waals surface area contributed by atoms with Crippen LogP contribution in [0.4, 0.5) is 5.13 Å². The fraction of sp³-hybridized carbons (Fsp3) is 0.208. The van der Waals surface area contributed by atoms with Gasteiger partial charge in [0.15, 0.2) is 15.9 Å². The summed E-state index contributed by atoms with van der Waals surface area (Å²) in [5.41, 5.74) is 2.90. The maximum absolute atomic E-state index is 13.1. The average molecular weight is 492 g/mol. The number of fused-ring (bicyclic) bond motifs is 4. The Morgan fingerprint density at radius 1 is 1.12 bits per heavy atom. The number of nitrogens with zero attached hydrogens (tertiary/aromatic N) is 4. The van der Waals surface area contributed by atoms with Gasteiger partial charge in [0, 0.05) is 0 Å². The number of carbonyl (C=O) groups is 2. The van der Waals surface area contributed by atoms with Crippen molar-refractivity contribution in [2.24, 2.45) is 0 Å². The van der Waals surface area contributed by atoms with Gasteiger partial charge >= 0.3 is 5.97 Å². The van der Waals surface area contributed by atoms with Gasteiger partial charge in [0.1, 0.15) is 0 Å². The molecular weight excluding hydrogens is 470 g/mol. The van der Waals surface area contributed by atoms with Gasteiger partial charge in [0.2, 0.25) is 5.91 Å². The van der Waals surface area contributed by atoms with Crippen LogP contribution in [-0.2, 0) is 9.53 Å². The van der Waals surface area contributed by atoms with E-state index < -0.39 is 0 Å². The smallest absolute Gasteiger partial charge is 0.338 e. The molecule has 2 aromatic carbocycles. The summed E-state index contributed by atoms with van der Waals surface area (Å²) in [5, 5.41) is 13.4. The van der Waals surface area contributed by atoms with Crippen molar-refractivity contribution in [1.29, 1.82) is 0 Å². The van der Waals surface area contributed by atoms with E-state index in [1.807, 2.05) is 47.7 Å². The van der Waals surface area contributed by atoms with Gasteiger partial charge in [-0.25, -0.2) is 9.78 Å². The van der Waals surface area contributed by atoms with Crippen molar-refractivity contribution in [2.45, 2.75) is 30.7 Å². The molecule has 5 rings (SSSR count). The molecule has 1 N–H and O–H groups in total. The first-order chi connectivity index (χ1) is 16.6. The van der Waals surface area contributed by atoms with Gasteiger partial charge in [0.25, 0.3) is 0 Å². The van der Waals surface area contributed by atoms with Gasteiger partial charge in [-0.15, -0.1) is 10.2 Å². The number of esters is 1. The molecule has 0 saturated carbocycles. The Morgan fingerprint density at radius 3 is 2.79 bits per heavy atom. The minimum Gasteiger partial charge on any atom is -0.462 e. The molecule has 1 amide bonds. The number of para-hydroxylation sites is 1. The zero-order valence-corrected chi connectivity index (χ0v) is 20.2. The van der Waals surface area contributed by atoms with Crippen molar-refractivity contribution in [2.75, 3.05) is 11.9 Å². The van der Waals surface area contributed by atoms with Gasteiger partial charge in [-0.05, 0) is 55.1 Å². The minimum atomic E-state index is -0.381. The van der Waals surface area contributed by atoms with Crippen molar-refractivity contribution in [3.05, 3.63) is 60.2 Å². The average Bonchev–Trinajstić information content (AvgIpc) is 3.45. The number of nitrogens with one attached hydrogen (secondary N) is 1. The van der Waals surface area contributed by atoms with E-state index in [0.29, 0.717) is 34.4 Å². The summed E-state index contributed by atoms with van der Waals surface area (Å²) in [4.78, 5) is 29.6. The van der Waals surface area contributed by atoms with E-state index in [1.54, 1.807) is 25.1 Å². The van der Waals surface area contributed by atoms with Crippen molar-refractivity contribution in [3.63, 3.8) is 0 Å². The third-order valence-corrected chi connectivity index (χ3v) is 7.53. The molecule has 34 heavy (non-hydrogen) atoms. The predicted molar refractivity (Wildman–Crippen MR) is 135 cm³/mol. The highest BCUT2D eigenvalue weighted by Crippen LogP contribution is 2.31. The SMILES string of the molecule is CCOC(=O)c1ccc2nc(NC(=O)C(CC)Sc3nnc4ccc5ccccc5n34)sc2c1. The van der Waals surface area contributed by atoms with Gasteiger partial charge in [-0.2, -0.15) is 0 Å². The molecule has 0 spiro atoms. The Hall–Kier alpha value is -3.50. The van der Waals surface area contributed by atoms with Gasteiger partial charge in [-0.1, -0.05) is 48.2 Å². The molecule has 0 bridgehead atoms. The molecule has 8 nitrogen and oxygen atoms in total. The molecule has 0 radical (unpaired) electrons. The Morgan fingerprint density at radius 2 is 1.97 bits per heavy atom. The quantitative estimate of drug-likeness (QED) is 0.247. The monoisotopic (exact) mass is 491 g/mol. The topological polar surface area (TPSA) is 98.5 Å². The maximum Gasteiger partial charge on any atom is 0.338 e. The lowest BCUT2D eigenvalue weighted by molar-refractivity contribution is -0.115. The van der Waals surface area contributed by atoms with Crippen LogP contribution in [0.3, 0.4) is 0 Å². The van der Waals surface area contributed by atoms with Crippen LogP contribution in [-0.4, -0.2) is 43.3 Å². The number of anilines is 1. The number of rotatable bonds is 7. The highest BCUT2D eigenvalue weighted by Gasteiger charge is 2.23. The number of thioether (sulfide) groups is 1. The fourth-order valence-electron chi connectivity index (χ4n) is 3.64. The fourth-order valence-corrected chi connectivity index (χ4v) is 5.52. The number of hydrogen-bond donors (Lipinski definition) is 1. The lowest BCUT2D eigenvalue weighted by Crippen LogP contribution is -2.24. The number of carbonyl (C=O) groups excluding carboxylic acids is 2. The summed E-state index contributed by atoms with van der Waals surface area (Å²) < 4.78 is 7.84. The molecule has 10 heteroatoms. The lowest BCUT2D eigenvalue weighted by atomic mass is 10.2. The number of benzene rings is 2. The first-order valence-corrected chi connectivity index (χ1v) is 12.5. The summed E-state index contributed by atoms with van der Waals surface area (Å²) in [6.45, 7) is 4.04. The van der Waals surface area contributed by atoms with E-state index in [9.17, 15) is 9.59 Å². The third-order valence-electron chi connectivity index (χ3n) is 5.29. The summed E-state index contributed by atoms with van der Waals surface area (Å²) in [5.74, 6) is -0.534. The molecule has 3 heterocycles. The highest BCUT2D eigenvalue weighted by atomic mass is 32.2. The van der Waals surface area contributed by atoms with E-state index in [1.165, 1.54) is 23.1 Å². The second kappa shape index (κ2) is 9.40. The van der Waals surface area contributed by atoms with Crippen LogP contribution in [0.25, 0.3) is 26.8 Å². The van der Waals surface area contributed by atoms with Gasteiger partial charge in [-0.3, -0.25) is 9.20 Å². The second-order valence-corrected chi connectivity index (χ2v) is 9.69. The summed E-state index contributed by atoms with van der Waals surface area (Å²) >= 11 is 2.70. The Bertz CT molecular complexity index is 1530. The predicted octanol–water partition coefficient (Wildman–Crippen LogP) is 5.18. The first kappa shape index (κ1) is 22.3. The number of thiazole rings is 1. The normalized spacial score (nSPS) is 12.3. The molecule has 172 valence electrons. The molecule has 0 aliphatic heterocycles. The molecule has 0 fully saturated rings. The molecule has 1 atom stereocenters. The van der Waals surface area contributed by atoms with E-state index in [2.05, 4.69) is 20.5 Å². The number of pyridine rings is 1. The zero-order chi connectivity index (χ0) is 23.7.